The average Bonchev–Trinajstić information content (AvgIpc) is 2.59. The molecule has 2 heterocycles. The van der Waals surface area contributed by atoms with Gasteiger partial charge in [-0.25, -0.2) is 0 Å². The van der Waals surface area contributed by atoms with E-state index in [9.17, 15) is 14.7 Å². The maximum atomic E-state index is 12.6. The molecule has 2 aromatic rings. The van der Waals surface area contributed by atoms with Crippen molar-refractivity contribution in [1.29, 1.82) is 0 Å². The van der Waals surface area contributed by atoms with E-state index in [1.165, 1.54) is 13.2 Å². The molecule has 0 saturated carbocycles. The van der Waals surface area contributed by atoms with E-state index in [0.717, 1.165) is 10.0 Å². The molecule has 8 heteroatoms. The Balaban J connectivity index is 2.22. The summed E-state index contributed by atoms with van der Waals surface area (Å²) in [5.74, 6) is -0.875. The summed E-state index contributed by atoms with van der Waals surface area (Å²) < 4.78 is 16.5. The molecule has 1 aliphatic heterocycles. The van der Waals surface area contributed by atoms with Crippen molar-refractivity contribution < 1.29 is 24.1 Å². The summed E-state index contributed by atoms with van der Waals surface area (Å²) in [5, 5.41) is 10.4. The first-order valence-corrected chi connectivity index (χ1v) is 8.72. The number of hydrogen-bond donors (Lipinski definition) is 2. The van der Waals surface area contributed by atoms with Crippen molar-refractivity contribution in [3.05, 3.63) is 55.4 Å². The SMILES string of the molecule is COC(=O)CC(c1cc(Br)cc2c1OCOC2)c1c(O)cc(C)[nH]c1=O. The van der Waals surface area contributed by atoms with E-state index in [-0.39, 0.29) is 24.5 Å². The van der Waals surface area contributed by atoms with E-state index < -0.39 is 17.4 Å². The second kappa shape index (κ2) is 7.51. The van der Waals surface area contributed by atoms with E-state index >= 15 is 0 Å². The number of ether oxygens (including phenoxy) is 3. The van der Waals surface area contributed by atoms with Crippen molar-refractivity contribution in [2.45, 2.75) is 25.9 Å². The van der Waals surface area contributed by atoms with Crippen molar-refractivity contribution >= 4 is 21.9 Å². The molecule has 1 aliphatic rings. The summed E-state index contributed by atoms with van der Waals surface area (Å²) in [6.07, 6.45) is -0.122. The number of pyridine rings is 1. The highest BCUT2D eigenvalue weighted by molar-refractivity contribution is 9.10. The van der Waals surface area contributed by atoms with Gasteiger partial charge >= 0.3 is 5.97 Å². The normalized spacial score (nSPS) is 14.3. The van der Waals surface area contributed by atoms with Crippen LogP contribution in [0.15, 0.2) is 27.5 Å². The number of aromatic amines is 1. The van der Waals surface area contributed by atoms with Gasteiger partial charge in [0.15, 0.2) is 6.79 Å². The Morgan fingerprint density at radius 3 is 2.88 bits per heavy atom. The maximum Gasteiger partial charge on any atom is 0.306 e. The Kier molecular flexibility index (Phi) is 5.33. The average molecular weight is 424 g/mol. The minimum Gasteiger partial charge on any atom is -0.507 e. The Hall–Kier alpha value is -2.32. The summed E-state index contributed by atoms with van der Waals surface area (Å²) in [6, 6.07) is 5.08. The molecule has 0 aliphatic carbocycles. The lowest BCUT2D eigenvalue weighted by Crippen LogP contribution is -2.22. The van der Waals surface area contributed by atoms with Crippen LogP contribution in [0, 0.1) is 6.92 Å². The third-order valence-corrected chi connectivity index (χ3v) is 4.67. The molecule has 0 fully saturated rings. The number of aromatic nitrogens is 1. The number of hydrogen-bond acceptors (Lipinski definition) is 6. The van der Waals surface area contributed by atoms with Crippen molar-refractivity contribution in [3.8, 4) is 11.5 Å². The number of fused-ring (bicyclic) bond motifs is 1. The predicted octanol–water partition coefficient (Wildman–Crippen LogP) is 2.71. The Bertz CT molecular complexity index is 907. The molecule has 0 saturated heterocycles. The largest absolute Gasteiger partial charge is 0.507 e. The third kappa shape index (κ3) is 3.61. The Labute approximate surface area is 158 Å². The van der Waals surface area contributed by atoms with Crippen LogP contribution in [0.4, 0.5) is 0 Å². The zero-order valence-electron chi connectivity index (χ0n) is 14.3. The number of nitrogens with one attached hydrogen (secondary N) is 1. The number of benzene rings is 1. The van der Waals surface area contributed by atoms with E-state index in [1.807, 2.05) is 6.07 Å². The molecule has 0 amide bonds. The maximum absolute atomic E-state index is 12.6. The van der Waals surface area contributed by atoms with Crippen LogP contribution in [0.1, 0.15) is 34.7 Å². The molecule has 0 bridgehead atoms. The van der Waals surface area contributed by atoms with Crippen LogP contribution in [0.5, 0.6) is 11.5 Å². The van der Waals surface area contributed by atoms with Gasteiger partial charge < -0.3 is 24.3 Å². The number of esters is 1. The molecular formula is C18H18BrNO6. The number of carbonyl (C=O) groups is 1. The van der Waals surface area contributed by atoms with Crippen LogP contribution in [0.2, 0.25) is 0 Å². The van der Waals surface area contributed by atoms with Crippen molar-refractivity contribution in [2.24, 2.45) is 0 Å². The first-order valence-electron chi connectivity index (χ1n) is 7.93. The van der Waals surface area contributed by atoms with Crippen molar-refractivity contribution in [1.82, 2.24) is 4.98 Å². The fourth-order valence-corrected chi connectivity index (χ4v) is 3.63. The summed E-state index contributed by atoms with van der Waals surface area (Å²) >= 11 is 3.44. The Morgan fingerprint density at radius 2 is 2.19 bits per heavy atom. The zero-order chi connectivity index (χ0) is 18.8. The number of aryl methyl sites for hydroxylation is 1. The van der Waals surface area contributed by atoms with Gasteiger partial charge in [0.25, 0.3) is 5.56 Å². The fraction of sp³-hybridized carbons (Fsp3) is 0.333. The molecule has 1 aromatic heterocycles. The van der Waals surface area contributed by atoms with Crippen LogP contribution in [0.25, 0.3) is 0 Å². The van der Waals surface area contributed by atoms with Crippen LogP contribution in [-0.4, -0.2) is 30.0 Å². The number of carbonyl (C=O) groups excluding carboxylic acids is 1. The van der Waals surface area contributed by atoms with E-state index in [4.69, 9.17) is 14.2 Å². The highest BCUT2D eigenvalue weighted by Crippen LogP contribution is 2.41. The molecule has 2 N–H and O–H groups in total. The first-order chi connectivity index (χ1) is 12.4. The highest BCUT2D eigenvalue weighted by Gasteiger charge is 2.30. The van der Waals surface area contributed by atoms with Crippen LogP contribution >= 0.6 is 15.9 Å². The van der Waals surface area contributed by atoms with Gasteiger partial charge in [-0.05, 0) is 25.1 Å². The summed E-state index contributed by atoms with van der Waals surface area (Å²) in [7, 11) is 1.28. The number of halogens is 1. The predicted molar refractivity (Wildman–Crippen MR) is 96.4 cm³/mol. The fourth-order valence-electron chi connectivity index (χ4n) is 3.10. The molecule has 1 aromatic carbocycles. The van der Waals surface area contributed by atoms with Gasteiger partial charge in [0.2, 0.25) is 0 Å². The first kappa shape index (κ1) is 18.5. The zero-order valence-corrected chi connectivity index (χ0v) is 15.9. The van der Waals surface area contributed by atoms with E-state index in [1.54, 1.807) is 13.0 Å². The molecule has 26 heavy (non-hydrogen) atoms. The molecule has 7 nitrogen and oxygen atoms in total. The smallest absolute Gasteiger partial charge is 0.306 e. The summed E-state index contributed by atoms with van der Waals surface area (Å²) in [5.41, 5.74) is 1.55. The van der Waals surface area contributed by atoms with Crippen LogP contribution < -0.4 is 10.3 Å². The standard InChI is InChI=1S/C18H18BrNO6/c1-9-3-14(21)16(18(23)20-9)12(6-15(22)24-2)13-5-11(19)4-10-7-25-8-26-17(10)13/h3-5,12H,6-8H2,1-2H3,(H2,20,21,23). The van der Waals surface area contributed by atoms with Crippen LogP contribution in [0.3, 0.4) is 0 Å². The van der Waals surface area contributed by atoms with Gasteiger partial charge in [0, 0.05) is 27.2 Å². The number of methoxy groups -OCH3 is 1. The highest BCUT2D eigenvalue weighted by atomic mass is 79.9. The van der Waals surface area contributed by atoms with E-state index in [2.05, 4.69) is 20.9 Å². The van der Waals surface area contributed by atoms with Gasteiger partial charge in [0.05, 0.1) is 25.7 Å². The lowest BCUT2D eigenvalue weighted by molar-refractivity contribution is -0.140. The summed E-state index contributed by atoms with van der Waals surface area (Å²) in [6.45, 7) is 2.09. The molecule has 0 radical (unpaired) electrons. The van der Waals surface area contributed by atoms with Gasteiger partial charge in [-0.1, -0.05) is 15.9 Å². The molecule has 1 atom stereocenters. The minimum atomic E-state index is -0.740. The minimum absolute atomic E-state index is 0.0722. The Morgan fingerprint density at radius 1 is 1.42 bits per heavy atom. The lowest BCUT2D eigenvalue weighted by Gasteiger charge is -2.25. The topological polar surface area (TPSA) is 97.8 Å². The lowest BCUT2D eigenvalue weighted by atomic mass is 9.86. The van der Waals surface area contributed by atoms with Gasteiger partial charge in [-0.2, -0.15) is 0 Å². The molecular weight excluding hydrogens is 406 g/mol. The van der Waals surface area contributed by atoms with Crippen molar-refractivity contribution in [3.63, 3.8) is 0 Å². The van der Waals surface area contributed by atoms with Gasteiger partial charge in [-0.15, -0.1) is 0 Å². The van der Waals surface area contributed by atoms with Gasteiger partial charge in [0.1, 0.15) is 11.5 Å². The number of H-pyrrole nitrogens is 1. The number of rotatable bonds is 4. The quantitative estimate of drug-likeness (QED) is 0.733. The molecule has 1 unspecified atom stereocenters. The molecule has 0 spiro atoms. The monoisotopic (exact) mass is 423 g/mol. The van der Waals surface area contributed by atoms with Gasteiger partial charge in [-0.3, -0.25) is 9.59 Å². The second-order valence-electron chi connectivity index (χ2n) is 6.01. The third-order valence-electron chi connectivity index (χ3n) is 4.21. The van der Waals surface area contributed by atoms with Crippen molar-refractivity contribution in [2.75, 3.05) is 13.9 Å². The molecule has 138 valence electrons. The van der Waals surface area contributed by atoms with Crippen LogP contribution in [-0.2, 0) is 20.9 Å². The van der Waals surface area contributed by atoms with E-state index in [0.29, 0.717) is 23.6 Å². The second-order valence-corrected chi connectivity index (χ2v) is 6.92. The molecule has 3 rings (SSSR count). The summed E-state index contributed by atoms with van der Waals surface area (Å²) in [4.78, 5) is 27.2. The number of aromatic hydroxyl groups is 1.